The predicted molar refractivity (Wildman–Crippen MR) is 68.5 cm³/mol. The standard InChI is InChI=1S/C13H13NOS/c1-3-9-7-10-5-4-6-14-12(10)13(15-2)11(16)8-9/h4-8H,3H2,1-2H3. The maximum atomic E-state index is 5.35. The number of hydrogen-bond acceptors (Lipinski definition) is 3. The van der Waals surface area contributed by atoms with Crippen LogP contribution in [0.5, 0.6) is 5.75 Å². The third-order valence-electron chi connectivity index (χ3n) is 2.55. The summed E-state index contributed by atoms with van der Waals surface area (Å²) >= 11 is 5.33. The van der Waals surface area contributed by atoms with E-state index in [4.69, 9.17) is 17.0 Å². The Labute approximate surface area is 99.9 Å². The first-order valence-electron chi connectivity index (χ1n) is 5.22. The van der Waals surface area contributed by atoms with Gasteiger partial charge in [0.05, 0.1) is 11.6 Å². The highest BCUT2D eigenvalue weighted by atomic mass is 32.1. The summed E-state index contributed by atoms with van der Waals surface area (Å²) in [6.07, 6.45) is 2.71. The molecule has 1 heterocycles. The van der Waals surface area contributed by atoms with E-state index in [2.05, 4.69) is 18.0 Å². The molecule has 0 spiro atoms. The molecule has 0 unspecified atom stereocenters. The SMILES string of the molecule is CCc1cc(=S)c(OC)c2ncccc2c1. The number of fused-ring (bicyclic) bond motifs is 1. The first-order chi connectivity index (χ1) is 7.76. The van der Waals surface area contributed by atoms with Crippen molar-refractivity contribution in [1.82, 2.24) is 4.98 Å². The molecule has 2 rings (SSSR count). The highest BCUT2D eigenvalue weighted by molar-refractivity contribution is 7.71. The number of pyridine rings is 1. The van der Waals surface area contributed by atoms with Gasteiger partial charge in [0.15, 0.2) is 5.75 Å². The van der Waals surface area contributed by atoms with Crippen LogP contribution in [-0.4, -0.2) is 12.1 Å². The van der Waals surface area contributed by atoms with Gasteiger partial charge in [-0.15, -0.1) is 0 Å². The lowest BCUT2D eigenvalue weighted by Gasteiger charge is -1.98. The van der Waals surface area contributed by atoms with Gasteiger partial charge in [-0.2, -0.15) is 0 Å². The Hall–Kier alpha value is -1.48. The second-order valence-corrected chi connectivity index (χ2v) is 4.00. The maximum absolute atomic E-state index is 5.35. The normalized spacial score (nSPS) is 10.4. The summed E-state index contributed by atoms with van der Waals surface area (Å²) in [5, 5.41) is 1.06. The molecule has 0 radical (unpaired) electrons. The van der Waals surface area contributed by atoms with Crippen LogP contribution in [0.4, 0.5) is 0 Å². The summed E-state index contributed by atoms with van der Waals surface area (Å²) < 4.78 is 6.07. The van der Waals surface area contributed by atoms with E-state index < -0.39 is 0 Å². The topological polar surface area (TPSA) is 22.1 Å². The van der Waals surface area contributed by atoms with Crippen LogP contribution in [0.3, 0.4) is 0 Å². The fraction of sp³-hybridized carbons (Fsp3) is 0.231. The fourth-order valence-electron chi connectivity index (χ4n) is 1.72. The Morgan fingerprint density at radius 1 is 1.38 bits per heavy atom. The number of aryl methyl sites for hydroxylation is 1. The quantitative estimate of drug-likeness (QED) is 0.738. The molecule has 0 aliphatic rings. The van der Waals surface area contributed by atoms with Crippen LogP contribution in [0.2, 0.25) is 0 Å². The number of rotatable bonds is 2. The highest BCUT2D eigenvalue weighted by Crippen LogP contribution is 2.24. The van der Waals surface area contributed by atoms with Crippen molar-refractivity contribution in [3.63, 3.8) is 0 Å². The molecule has 0 bridgehead atoms. The lowest BCUT2D eigenvalue weighted by atomic mass is 10.2. The lowest BCUT2D eigenvalue weighted by molar-refractivity contribution is 0.417. The summed E-state index contributed by atoms with van der Waals surface area (Å²) in [7, 11) is 1.63. The molecule has 0 aliphatic carbocycles. The number of aromatic nitrogens is 1. The molecule has 1 aromatic carbocycles. The maximum Gasteiger partial charge on any atom is 0.163 e. The van der Waals surface area contributed by atoms with Crippen LogP contribution in [-0.2, 0) is 6.42 Å². The Bertz CT molecular complexity index is 581. The number of hydrogen-bond donors (Lipinski definition) is 0. The molecule has 3 heteroatoms. The smallest absolute Gasteiger partial charge is 0.163 e. The first kappa shape index (κ1) is 11.0. The van der Waals surface area contributed by atoms with Crippen molar-refractivity contribution in [3.8, 4) is 5.75 Å². The molecule has 82 valence electrons. The van der Waals surface area contributed by atoms with Crippen molar-refractivity contribution >= 4 is 23.1 Å². The Morgan fingerprint density at radius 2 is 2.19 bits per heavy atom. The van der Waals surface area contributed by atoms with Gasteiger partial charge in [-0.3, -0.25) is 4.98 Å². The van der Waals surface area contributed by atoms with Crippen LogP contribution < -0.4 is 4.74 Å². The van der Waals surface area contributed by atoms with Gasteiger partial charge in [0.25, 0.3) is 0 Å². The van der Waals surface area contributed by atoms with Crippen LogP contribution in [0.1, 0.15) is 12.5 Å². The Morgan fingerprint density at radius 3 is 2.88 bits per heavy atom. The zero-order valence-electron chi connectivity index (χ0n) is 9.36. The average molecular weight is 231 g/mol. The van der Waals surface area contributed by atoms with E-state index in [1.54, 1.807) is 13.3 Å². The van der Waals surface area contributed by atoms with Crippen molar-refractivity contribution in [1.29, 1.82) is 0 Å². The minimum atomic E-state index is 0.685. The van der Waals surface area contributed by atoms with E-state index in [1.807, 2.05) is 18.2 Å². The molecule has 0 aliphatic heterocycles. The lowest BCUT2D eigenvalue weighted by Crippen LogP contribution is -1.84. The summed E-state index contributed by atoms with van der Waals surface area (Å²) in [5.74, 6) is 0.685. The summed E-state index contributed by atoms with van der Waals surface area (Å²) in [6.45, 7) is 2.11. The van der Waals surface area contributed by atoms with Gasteiger partial charge < -0.3 is 4.74 Å². The van der Waals surface area contributed by atoms with Gasteiger partial charge in [-0.05, 0) is 30.2 Å². The Balaban J connectivity index is 2.96. The average Bonchev–Trinajstić information content (AvgIpc) is 2.44. The van der Waals surface area contributed by atoms with E-state index >= 15 is 0 Å². The molecule has 2 aromatic rings. The highest BCUT2D eigenvalue weighted by Gasteiger charge is 2.04. The van der Waals surface area contributed by atoms with E-state index in [0.29, 0.717) is 10.3 Å². The molecule has 0 fully saturated rings. The van der Waals surface area contributed by atoms with Gasteiger partial charge in [-0.25, -0.2) is 0 Å². The zero-order valence-corrected chi connectivity index (χ0v) is 10.2. The minimum Gasteiger partial charge on any atom is -0.493 e. The predicted octanol–water partition coefficient (Wildman–Crippen LogP) is 3.54. The van der Waals surface area contributed by atoms with Crippen molar-refractivity contribution in [2.75, 3.05) is 7.11 Å². The second-order valence-electron chi connectivity index (χ2n) is 3.56. The Kier molecular flexibility index (Phi) is 3.15. The minimum absolute atomic E-state index is 0.685. The molecule has 0 saturated carbocycles. The van der Waals surface area contributed by atoms with E-state index in [0.717, 1.165) is 17.3 Å². The van der Waals surface area contributed by atoms with Crippen LogP contribution >= 0.6 is 12.2 Å². The number of ether oxygens (including phenoxy) is 1. The number of methoxy groups -OCH3 is 1. The van der Waals surface area contributed by atoms with Crippen LogP contribution in [0.25, 0.3) is 10.9 Å². The molecule has 1 aromatic heterocycles. The third kappa shape index (κ3) is 1.91. The van der Waals surface area contributed by atoms with E-state index in [1.165, 1.54) is 5.56 Å². The molecular weight excluding hydrogens is 218 g/mol. The van der Waals surface area contributed by atoms with Gasteiger partial charge >= 0.3 is 0 Å². The summed E-state index contributed by atoms with van der Waals surface area (Å²) in [5.41, 5.74) is 2.03. The fourth-order valence-corrected chi connectivity index (χ4v) is 2.05. The molecule has 0 N–H and O–H groups in total. The molecule has 0 atom stereocenters. The molecular formula is C13H13NOS. The molecule has 16 heavy (non-hydrogen) atoms. The monoisotopic (exact) mass is 231 g/mol. The van der Waals surface area contributed by atoms with Crippen molar-refractivity contribution in [3.05, 3.63) is 40.5 Å². The third-order valence-corrected chi connectivity index (χ3v) is 2.85. The molecule has 0 saturated heterocycles. The van der Waals surface area contributed by atoms with Crippen molar-refractivity contribution in [2.24, 2.45) is 0 Å². The van der Waals surface area contributed by atoms with Crippen molar-refractivity contribution < 1.29 is 4.74 Å². The van der Waals surface area contributed by atoms with Gasteiger partial charge in [0.1, 0.15) is 5.52 Å². The van der Waals surface area contributed by atoms with Gasteiger partial charge in [-0.1, -0.05) is 25.2 Å². The van der Waals surface area contributed by atoms with Crippen molar-refractivity contribution in [2.45, 2.75) is 13.3 Å². The largest absolute Gasteiger partial charge is 0.493 e. The molecule has 0 amide bonds. The first-order valence-corrected chi connectivity index (χ1v) is 5.63. The van der Waals surface area contributed by atoms with Crippen LogP contribution in [0, 0.1) is 4.51 Å². The van der Waals surface area contributed by atoms with Crippen LogP contribution in [0.15, 0.2) is 30.5 Å². The van der Waals surface area contributed by atoms with E-state index in [-0.39, 0.29) is 0 Å². The van der Waals surface area contributed by atoms with E-state index in [9.17, 15) is 0 Å². The zero-order chi connectivity index (χ0) is 11.5. The van der Waals surface area contributed by atoms with Gasteiger partial charge in [0, 0.05) is 11.6 Å². The second kappa shape index (κ2) is 4.58. The summed E-state index contributed by atoms with van der Waals surface area (Å²) in [4.78, 5) is 4.34. The number of nitrogens with zero attached hydrogens (tertiary/aromatic N) is 1. The van der Waals surface area contributed by atoms with Gasteiger partial charge in [0.2, 0.25) is 0 Å². The summed E-state index contributed by atoms with van der Waals surface area (Å²) in [6, 6.07) is 8.04. The molecule has 2 nitrogen and oxygen atoms in total.